The van der Waals surface area contributed by atoms with E-state index in [1.807, 2.05) is 19.9 Å². The number of esters is 1. The predicted molar refractivity (Wildman–Crippen MR) is 68.6 cm³/mol. The maximum atomic E-state index is 11.8. The van der Waals surface area contributed by atoms with Crippen LogP contribution < -0.4 is 0 Å². The first-order valence-electron chi connectivity index (χ1n) is 6.18. The van der Waals surface area contributed by atoms with Gasteiger partial charge in [0.25, 0.3) is 0 Å². The van der Waals surface area contributed by atoms with Crippen molar-refractivity contribution in [2.24, 2.45) is 17.3 Å². The van der Waals surface area contributed by atoms with E-state index in [1.165, 1.54) is 0 Å². The molecule has 4 heteroatoms. The highest BCUT2D eigenvalue weighted by Gasteiger charge is 2.62. The third-order valence-corrected chi connectivity index (χ3v) is 3.75. The number of carbonyl (C=O) groups is 3. The molecular formula is C15H16O4. The van der Waals surface area contributed by atoms with E-state index in [1.54, 1.807) is 24.3 Å². The highest BCUT2D eigenvalue weighted by Crippen LogP contribution is 2.57. The van der Waals surface area contributed by atoms with Crippen molar-refractivity contribution in [3.63, 3.8) is 0 Å². The summed E-state index contributed by atoms with van der Waals surface area (Å²) in [5.41, 5.74) is 0.159. The molecule has 0 N–H and O–H groups in total. The monoisotopic (exact) mass is 260 g/mol. The van der Waals surface area contributed by atoms with Crippen LogP contribution in [0, 0.1) is 17.3 Å². The van der Waals surface area contributed by atoms with E-state index < -0.39 is 11.9 Å². The van der Waals surface area contributed by atoms with E-state index in [-0.39, 0.29) is 23.7 Å². The van der Waals surface area contributed by atoms with Crippen molar-refractivity contribution in [3.8, 4) is 0 Å². The summed E-state index contributed by atoms with van der Waals surface area (Å²) in [5, 5.41) is 0. The molecule has 0 spiro atoms. The Hall–Kier alpha value is -1.97. The lowest BCUT2D eigenvalue weighted by molar-refractivity contribution is -0.145. The minimum atomic E-state index is -0.466. The molecule has 1 aliphatic carbocycles. The molecule has 0 aromatic heterocycles. The maximum Gasteiger partial charge on any atom is 0.310 e. The largest absolute Gasteiger partial charge is 0.457 e. The summed E-state index contributed by atoms with van der Waals surface area (Å²) >= 11 is 0. The number of ketones is 1. The van der Waals surface area contributed by atoms with Gasteiger partial charge in [0.05, 0.1) is 5.92 Å². The van der Waals surface area contributed by atoms with E-state index in [0.717, 1.165) is 6.29 Å². The first-order valence-corrected chi connectivity index (χ1v) is 6.18. The molecule has 0 bridgehead atoms. The van der Waals surface area contributed by atoms with Crippen LogP contribution >= 0.6 is 0 Å². The Bertz CT molecular complexity index is 504. The molecule has 19 heavy (non-hydrogen) atoms. The second-order valence-electron chi connectivity index (χ2n) is 5.36. The van der Waals surface area contributed by atoms with Gasteiger partial charge >= 0.3 is 5.97 Å². The molecule has 0 amide bonds. The van der Waals surface area contributed by atoms with E-state index in [9.17, 15) is 14.4 Å². The van der Waals surface area contributed by atoms with Gasteiger partial charge in [0.1, 0.15) is 6.29 Å². The molecular weight excluding hydrogens is 244 g/mol. The van der Waals surface area contributed by atoms with Crippen molar-refractivity contribution < 1.29 is 19.1 Å². The Labute approximate surface area is 111 Å². The number of hydrogen-bond donors (Lipinski definition) is 0. The summed E-state index contributed by atoms with van der Waals surface area (Å²) in [6.07, 6.45) is 0.783. The lowest BCUT2D eigenvalue weighted by atomic mass is 10.1. The van der Waals surface area contributed by atoms with E-state index in [0.29, 0.717) is 5.56 Å². The molecule has 1 aliphatic rings. The fraction of sp³-hybridized carbons (Fsp3) is 0.400. The second kappa shape index (κ2) is 4.96. The van der Waals surface area contributed by atoms with Crippen LogP contribution in [0.15, 0.2) is 30.3 Å². The summed E-state index contributed by atoms with van der Waals surface area (Å²) in [6, 6.07) is 8.66. The maximum absolute atomic E-state index is 11.8. The number of rotatable bonds is 5. The van der Waals surface area contributed by atoms with Crippen molar-refractivity contribution >= 4 is 18.0 Å². The zero-order valence-electron chi connectivity index (χ0n) is 11.0. The molecule has 1 saturated carbocycles. The van der Waals surface area contributed by atoms with Crippen LogP contribution in [0.4, 0.5) is 0 Å². The minimum Gasteiger partial charge on any atom is -0.457 e. The molecule has 0 saturated heterocycles. The molecule has 1 aromatic rings. The lowest BCUT2D eigenvalue weighted by Gasteiger charge is -2.05. The number of Topliss-reactive ketones (excluding diaryl/α,β-unsaturated/α-hetero) is 1. The summed E-state index contributed by atoms with van der Waals surface area (Å²) in [5.74, 6) is -1.43. The minimum absolute atomic E-state index is 0.241. The lowest BCUT2D eigenvalue weighted by Crippen LogP contribution is -2.17. The Kier molecular flexibility index (Phi) is 3.51. The zero-order chi connectivity index (χ0) is 14.0. The van der Waals surface area contributed by atoms with Crippen LogP contribution in [-0.2, 0) is 14.3 Å². The number of hydrogen-bond acceptors (Lipinski definition) is 4. The van der Waals surface area contributed by atoms with Crippen molar-refractivity contribution in [1.29, 1.82) is 0 Å². The van der Waals surface area contributed by atoms with Gasteiger partial charge in [-0.3, -0.25) is 9.59 Å². The standard InChI is InChI=1S/C15H16O4/c1-15(2)11(8-16)13(15)14(18)19-9-12(17)10-6-4-3-5-7-10/h3-8,11,13H,9H2,1-2H3. The number of benzene rings is 1. The van der Waals surface area contributed by atoms with Crippen molar-refractivity contribution in [2.45, 2.75) is 13.8 Å². The molecule has 4 nitrogen and oxygen atoms in total. The van der Waals surface area contributed by atoms with Crippen molar-refractivity contribution in [1.82, 2.24) is 0 Å². The van der Waals surface area contributed by atoms with Crippen LogP contribution in [0.5, 0.6) is 0 Å². The fourth-order valence-corrected chi connectivity index (χ4v) is 2.32. The molecule has 100 valence electrons. The first kappa shape index (κ1) is 13.5. The second-order valence-corrected chi connectivity index (χ2v) is 5.36. The molecule has 0 radical (unpaired) electrons. The molecule has 2 unspecified atom stereocenters. The number of ether oxygens (including phenoxy) is 1. The topological polar surface area (TPSA) is 60.4 Å². The molecule has 2 rings (SSSR count). The van der Waals surface area contributed by atoms with E-state index in [4.69, 9.17) is 4.74 Å². The third-order valence-electron chi connectivity index (χ3n) is 3.75. The predicted octanol–water partition coefficient (Wildman–Crippen LogP) is 1.88. The Morgan fingerprint density at radius 2 is 1.89 bits per heavy atom. The summed E-state index contributed by atoms with van der Waals surface area (Å²) in [7, 11) is 0. The van der Waals surface area contributed by atoms with Crippen LogP contribution in [-0.4, -0.2) is 24.6 Å². The van der Waals surface area contributed by atoms with Gasteiger partial charge in [0.2, 0.25) is 0 Å². The Morgan fingerprint density at radius 3 is 2.42 bits per heavy atom. The normalized spacial score (nSPS) is 23.5. The SMILES string of the molecule is CC1(C)C(C=O)C1C(=O)OCC(=O)c1ccccc1. The Balaban J connectivity index is 1.89. The summed E-state index contributed by atoms with van der Waals surface area (Å²) < 4.78 is 5.00. The number of carbonyl (C=O) groups excluding carboxylic acids is 3. The third kappa shape index (κ3) is 2.57. The molecule has 1 fully saturated rings. The first-order chi connectivity index (χ1) is 8.98. The average Bonchev–Trinajstić information content (AvgIpc) is 2.98. The van der Waals surface area contributed by atoms with Crippen LogP contribution in [0.2, 0.25) is 0 Å². The molecule has 2 atom stereocenters. The molecule has 0 aliphatic heterocycles. The molecule has 0 heterocycles. The molecule has 1 aromatic carbocycles. The van der Waals surface area contributed by atoms with Gasteiger partial charge < -0.3 is 9.53 Å². The van der Waals surface area contributed by atoms with Gasteiger partial charge in [0.15, 0.2) is 12.4 Å². The van der Waals surface area contributed by atoms with Crippen LogP contribution in [0.25, 0.3) is 0 Å². The van der Waals surface area contributed by atoms with Gasteiger partial charge in [-0.1, -0.05) is 44.2 Å². The van der Waals surface area contributed by atoms with Crippen molar-refractivity contribution in [3.05, 3.63) is 35.9 Å². The van der Waals surface area contributed by atoms with Crippen LogP contribution in [0.3, 0.4) is 0 Å². The average molecular weight is 260 g/mol. The van der Waals surface area contributed by atoms with E-state index >= 15 is 0 Å². The quantitative estimate of drug-likeness (QED) is 0.461. The highest BCUT2D eigenvalue weighted by atomic mass is 16.5. The van der Waals surface area contributed by atoms with Gasteiger partial charge in [-0.25, -0.2) is 0 Å². The highest BCUT2D eigenvalue weighted by molar-refractivity contribution is 5.98. The van der Waals surface area contributed by atoms with E-state index in [2.05, 4.69) is 0 Å². The van der Waals surface area contributed by atoms with Gasteiger partial charge in [-0.05, 0) is 5.41 Å². The number of aldehydes is 1. The Morgan fingerprint density at radius 1 is 1.26 bits per heavy atom. The smallest absolute Gasteiger partial charge is 0.310 e. The fourth-order valence-electron chi connectivity index (χ4n) is 2.32. The zero-order valence-corrected chi connectivity index (χ0v) is 11.0. The van der Waals surface area contributed by atoms with Crippen LogP contribution in [0.1, 0.15) is 24.2 Å². The summed E-state index contributed by atoms with van der Waals surface area (Å²) in [4.78, 5) is 34.3. The van der Waals surface area contributed by atoms with Gasteiger partial charge in [0, 0.05) is 11.5 Å². The summed E-state index contributed by atoms with van der Waals surface area (Å²) in [6.45, 7) is 3.41. The van der Waals surface area contributed by atoms with Gasteiger partial charge in [-0.2, -0.15) is 0 Å². The van der Waals surface area contributed by atoms with Gasteiger partial charge in [-0.15, -0.1) is 0 Å². The van der Waals surface area contributed by atoms with Crippen molar-refractivity contribution in [2.75, 3.05) is 6.61 Å².